The summed E-state index contributed by atoms with van der Waals surface area (Å²) in [6, 6.07) is 13.7. The van der Waals surface area contributed by atoms with Gasteiger partial charge >= 0.3 is 0 Å². The Hall–Kier alpha value is -2.40. The van der Waals surface area contributed by atoms with E-state index >= 15 is 0 Å². The molecule has 0 aliphatic rings. The van der Waals surface area contributed by atoms with Crippen LogP contribution in [0.4, 0.5) is 0 Å². The number of hydrogen-bond acceptors (Lipinski definition) is 4. The number of rotatable bonds is 5. The van der Waals surface area contributed by atoms with Gasteiger partial charge in [0.1, 0.15) is 5.69 Å². The lowest BCUT2D eigenvalue weighted by atomic mass is 10.2. The maximum atomic E-state index is 12.8. The van der Waals surface area contributed by atoms with E-state index in [-0.39, 0.29) is 11.9 Å². The number of furan rings is 1. The molecule has 0 unspecified atom stereocenters. The SMILES string of the molecule is CC(C)N(Cc1ccccc1)C(=O)c1csc(-c2ccco2)n1. The first-order valence-corrected chi connectivity index (χ1v) is 8.37. The maximum Gasteiger partial charge on any atom is 0.273 e. The molecule has 0 aliphatic carbocycles. The zero-order valence-electron chi connectivity index (χ0n) is 13.1. The van der Waals surface area contributed by atoms with E-state index in [1.807, 2.05) is 61.2 Å². The van der Waals surface area contributed by atoms with E-state index in [4.69, 9.17) is 4.42 Å². The summed E-state index contributed by atoms with van der Waals surface area (Å²) in [4.78, 5) is 19.1. The monoisotopic (exact) mass is 326 g/mol. The second kappa shape index (κ2) is 6.79. The van der Waals surface area contributed by atoms with E-state index in [1.54, 1.807) is 11.6 Å². The van der Waals surface area contributed by atoms with Crippen LogP contribution in [0.25, 0.3) is 10.8 Å². The average Bonchev–Trinajstić information content (AvgIpc) is 3.23. The Morgan fingerprint density at radius 3 is 2.65 bits per heavy atom. The Bertz CT molecular complexity index is 763. The molecule has 0 atom stereocenters. The Morgan fingerprint density at radius 1 is 1.22 bits per heavy atom. The summed E-state index contributed by atoms with van der Waals surface area (Å²) in [6.07, 6.45) is 1.61. The highest BCUT2D eigenvalue weighted by Crippen LogP contribution is 2.25. The molecule has 0 saturated carbocycles. The molecule has 4 nitrogen and oxygen atoms in total. The van der Waals surface area contributed by atoms with Gasteiger partial charge in [-0.05, 0) is 31.5 Å². The van der Waals surface area contributed by atoms with Crippen molar-refractivity contribution in [3.8, 4) is 10.8 Å². The molecule has 23 heavy (non-hydrogen) atoms. The summed E-state index contributed by atoms with van der Waals surface area (Å²) in [5.41, 5.74) is 1.57. The van der Waals surface area contributed by atoms with Crippen LogP contribution in [-0.4, -0.2) is 21.8 Å². The molecule has 2 aromatic heterocycles. The van der Waals surface area contributed by atoms with Gasteiger partial charge in [-0.2, -0.15) is 0 Å². The summed E-state index contributed by atoms with van der Waals surface area (Å²) in [6.45, 7) is 4.60. The summed E-state index contributed by atoms with van der Waals surface area (Å²) in [5, 5.41) is 2.52. The van der Waals surface area contributed by atoms with Gasteiger partial charge in [0.05, 0.1) is 6.26 Å². The minimum atomic E-state index is -0.0575. The van der Waals surface area contributed by atoms with Crippen LogP contribution >= 0.6 is 11.3 Å². The van der Waals surface area contributed by atoms with Crippen molar-refractivity contribution < 1.29 is 9.21 Å². The van der Waals surface area contributed by atoms with E-state index in [1.165, 1.54) is 11.3 Å². The van der Waals surface area contributed by atoms with Crippen LogP contribution in [0.1, 0.15) is 29.9 Å². The van der Waals surface area contributed by atoms with Crippen molar-refractivity contribution in [3.63, 3.8) is 0 Å². The van der Waals surface area contributed by atoms with E-state index in [0.29, 0.717) is 18.0 Å². The fourth-order valence-electron chi connectivity index (χ4n) is 2.30. The molecule has 0 bridgehead atoms. The molecule has 0 fully saturated rings. The minimum absolute atomic E-state index is 0.0575. The van der Waals surface area contributed by atoms with Gasteiger partial charge in [0, 0.05) is 18.0 Å². The van der Waals surface area contributed by atoms with Crippen LogP contribution in [0.2, 0.25) is 0 Å². The fourth-order valence-corrected chi connectivity index (χ4v) is 3.06. The molecule has 3 aromatic rings. The van der Waals surface area contributed by atoms with Crippen molar-refractivity contribution in [2.24, 2.45) is 0 Å². The van der Waals surface area contributed by atoms with Gasteiger partial charge in [-0.1, -0.05) is 30.3 Å². The number of thiazole rings is 1. The fraction of sp³-hybridized carbons (Fsp3) is 0.222. The summed E-state index contributed by atoms with van der Waals surface area (Å²) < 4.78 is 5.34. The van der Waals surface area contributed by atoms with Gasteiger partial charge in [-0.25, -0.2) is 4.98 Å². The van der Waals surface area contributed by atoms with Crippen molar-refractivity contribution in [2.45, 2.75) is 26.4 Å². The normalized spacial score (nSPS) is 10.9. The molecule has 0 aliphatic heterocycles. The van der Waals surface area contributed by atoms with E-state index in [2.05, 4.69) is 4.98 Å². The predicted octanol–water partition coefficient (Wildman–Crippen LogP) is 4.45. The molecule has 1 aromatic carbocycles. The molecule has 0 radical (unpaired) electrons. The van der Waals surface area contributed by atoms with Crippen LogP contribution in [0.15, 0.2) is 58.5 Å². The van der Waals surface area contributed by atoms with Crippen molar-refractivity contribution in [1.82, 2.24) is 9.88 Å². The van der Waals surface area contributed by atoms with Gasteiger partial charge in [-0.15, -0.1) is 11.3 Å². The summed E-state index contributed by atoms with van der Waals surface area (Å²) in [7, 11) is 0. The van der Waals surface area contributed by atoms with E-state index in [0.717, 1.165) is 10.6 Å². The van der Waals surface area contributed by atoms with Crippen LogP contribution in [0, 0.1) is 0 Å². The highest BCUT2D eigenvalue weighted by molar-refractivity contribution is 7.13. The third kappa shape index (κ3) is 3.51. The number of benzene rings is 1. The number of carbonyl (C=O) groups excluding carboxylic acids is 1. The Labute approximate surface area is 139 Å². The number of carbonyl (C=O) groups is 1. The maximum absolute atomic E-state index is 12.8. The van der Waals surface area contributed by atoms with Gasteiger partial charge < -0.3 is 9.32 Å². The Morgan fingerprint density at radius 2 is 2.00 bits per heavy atom. The first kappa shape index (κ1) is 15.5. The second-order valence-electron chi connectivity index (χ2n) is 5.53. The zero-order chi connectivity index (χ0) is 16.2. The number of nitrogens with zero attached hydrogens (tertiary/aromatic N) is 2. The minimum Gasteiger partial charge on any atom is -0.462 e. The third-order valence-electron chi connectivity index (χ3n) is 3.54. The van der Waals surface area contributed by atoms with Crippen LogP contribution in [0.5, 0.6) is 0 Å². The van der Waals surface area contributed by atoms with Crippen LogP contribution in [-0.2, 0) is 6.54 Å². The second-order valence-corrected chi connectivity index (χ2v) is 6.39. The number of aromatic nitrogens is 1. The van der Waals surface area contributed by atoms with E-state index in [9.17, 15) is 4.79 Å². The number of amides is 1. The Kier molecular flexibility index (Phi) is 4.57. The molecule has 3 rings (SSSR count). The van der Waals surface area contributed by atoms with Crippen LogP contribution < -0.4 is 0 Å². The highest BCUT2D eigenvalue weighted by atomic mass is 32.1. The molecule has 118 valence electrons. The molecule has 5 heteroatoms. The predicted molar refractivity (Wildman–Crippen MR) is 91.3 cm³/mol. The molecule has 0 spiro atoms. The lowest BCUT2D eigenvalue weighted by Crippen LogP contribution is -2.36. The highest BCUT2D eigenvalue weighted by Gasteiger charge is 2.22. The molecule has 1 amide bonds. The van der Waals surface area contributed by atoms with Crippen molar-refractivity contribution in [2.75, 3.05) is 0 Å². The Balaban J connectivity index is 1.81. The smallest absolute Gasteiger partial charge is 0.273 e. The molecule has 0 saturated heterocycles. The topological polar surface area (TPSA) is 46.3 Å². The van der Waals surface area contributed by atoms with Crippen molar-refractivity contribution >= 4 is 17.2 Å². The van der Waals surface area contributed by atoms with Gasteiger partial charge in [0.2, 0.25) is 0 Å². The van der Waals surface area contributed by atoms with Gasteiger partial charge in [0.15, 0.2) is 10.8 Å². The first-order chi connectivity index (χ1) is 11.1. The molecule has 2 heterocycles. The van der Waals surface area contributed by atoms with Gasteiger partial charge in [-0.3, -0.25) is 4.79 Å². The van der Waals surface area contributed by atoms with E-state index < -0.39 is 0 Å². The third-order valence-corrected chi connectivity index (χ3v) is 4.39. The standard InChI is InChI=1S/C18H18N2O2S/c1-13(2)20(11-14-7-4-3-5-8-14)18(21)15-12-23-17(19-15)16-9-6-10-22-16/h3-10,12-13H,11H2,1-2H3. The zero-order valence-corrected chi connectivity index (χ0v) is 13.9. The molecule has 0 N–H and O–H groups in total. The summed E-state index contributed by atoms with van der Waals surface area (Å²) >= 11 is 1.42. The van der Waals surface area contributed by atoms with Gasteiger partial charge in [0.25, 0.3) is 5.91 Å². The average molecular weight is 326 g/mol. The largest absolute Gasteiger partial charge is 0.462 e. The molecular weight excluding hydrogens is 308 g/mol. The summed E-state index contributed by atoms with van der Waals surface area (Å²) in [5.74, 6) is 0.631. The van der Waals surface area contributed by atoms with Crippen LogP contribution in [0.3, 0.4) is 0 Å². The molecular formula is C18H18N2O2S. The quantitative estimate of drug-likeness (QED) is 0.695. The first-order valence-electron chi connectivity index (χ1n) is 7.49. The van der Waals surface area contributed by atoms with Crippen molar-refractivity contribution in [3.05, 3.63) is 65.4 Å². The number of hydrogen-bond donors (Lipinski definition) is 0. The lowest BCUT2D eigenvalue weighted by molar-refractivity contribution is 0.0685. The van der Waals surface area contributed by atoms with Crippen molar-refractivity contribution in [1.29, 1.82) is 0 Å². The lowest BCUT2D eigenvalue weighted by Gasteiger charge is -2.26.